The van der Waals surface area contributed by atoms with E-state index in [1.807, 2.05) is 0 Å². The van der Waals surface area contributed by atoms with E-state index in [1.54, 1.807) is 12.1 Å². The van der Waals surface area contributed by atoms with Gasteiger partial charge in [-0.2, -0.15) is 0 Å². The van der Waals surface area contributed by atoms with E-state index < -0.39 is 9.84 Å². The molecular weight excluding hydrogens is 248 g/mol. The number of aryl methyl sites for hydroxylation is 1. The maximum Gasteiger partial charge on any atom is 0.179 e. The first-order chi connectivity index (χ1) is 7.59. The second-order valence-corrected chi connectivity index (χ2v) is 6.11. The average molecular weight is 255 g/mol. The van der Waals surface area contributed by atoms with E-state index in [4.69, 9.17) is 11.6 Å². The van der Waals surface area contributed by atoms with Crippen molar-refractivity contribution in [1.29, 1.82) is 0 Å². The summed E-state index contributed by atoms with van der Waals surface area (Å²) in [6.45, 7) is 0. The summed E-state index contributed by atoms with van der Waals surface area (Å²) >= 11 is 5.99. The summed E-state index contributed by atoms with van der Waals surface area (Å²) in [4.78, 5) is 8.34. The molecule has 3 rings (SSSR count). The molecule has 6 heteroatoms. The molecule has 82 valence electrons. The predicted octanol–water partition coefficient (Wildman–Crippen LogP) is 1.61. The Bertz CT molecular complexity index is 697. The molecule has 0 bridgehead atoms. The fourth-order valence-corrected chi connectivity index (χ4v) is 3.85. The number of sulfone groups is 1. The summed E-state index contributed by atoms with van der Waals surface area (Å²) in [5, 5.41) is 0.988. The predicted molar refractivity (Wildman–Crippen MR) is 60.3 cm³/mol. The molecule has 4 nitrogen and oxygen atoms in total. The monoisotopic (exact) mass is 254 g/mol. The largest absolute Gasteiger partial charge is 0.236 e. The highest BCUT2D eigenvalue weighted by Crippen LogP contribution is 2.34. The first kappa shape index (κ1) is 9.99. The van der Waals surface area contributed by atoms with Crippen molar-refractivity contribution in [1.82, 2.24) is 9.97 Å². The first-order valence-electron chi connectivity index (χ1n) is 4.74. The lowest BCUT2D eigenvalue weighted by atomic mass is 10.1. The second kappa shape index (κ2) is 3.15. The van der Waals surface area contributed by atoms with Gasteiger partial charge < -0.3 is 0 Å². The molecule has 0 saturated heterocycles. The molecule has 0 atom stereocenters. The molecule has 0 fully saturated rings. The number of benzene rings is 1. The molecule has 2 aromatic rings. The maximum absolute atomic E-state index is 11.7. The van der Waals surface area contributed by atoms with E-state index in [-0.39, 0.29) is 5.75 Å². The molecule has 0 amide bonds. The van der Waals surface area contributed by atoms with E-state index in [0.717, 1.165) is 5.56 Å². The molecule has 0 N–H and O–H groups in total. The highest BCUT2D eigenvalue weighted by Gasteiger charge is 2.28. The Labute approximate surface area is 97.2 Å². The highest BCUT2D eigenvalue weighted by molar-refractivity contribution is 7.91. The Morgan fingerprint density at radius 3 is 2.88 bits per heavy atom. The molecule has 1 aromatic heterocycles. The van der Waals surface area contributed by atoms with Crippen molar-refractivity contribution in [2.75, 3.05) is 5.75 Å². The van der Waals surface area contributed by atoms with Crippen molar-refractivity contribution < 1.29 is 8.42 Å². The summed E-state index contributed by atoms with van der Waals surface area (Å²) in [6.07, 6.45) is 1.86. The van der Waals surface area contributed by atoms with Crippen LogP contribution in [0.4, 0.5) is 0 Å². The summed E-state index contributed by atoms with van der Waals surface area (Å²) in [6, 6.07) is 3.27. The van der Waals surface area contributed by atoms with Crippen LogP contribution in [-0.4, -0.2) is 24.1 Å². The Balaban J connectivity index is 2.52. The molecular formula is C10H7ClN2O2S. The minimum atomic E-state index is -3.13. The minimum Gasteiger partial charge on any atom is -0.236 e. The van der Waals surface area contributed by atoms with Gasteiger partial charge in [-0.3, -0.25) is 0 Å². The first-order valence-corrected chi connectivity index (χ1v) is 6.77. The fraction of sp³-hybridized carbons (Fsp3) is 0.200. The summed E-state index contributed by atoms with van der Waals surface area (Å²) in [5.74, 6) is 0.146. The van der Waals surface area contributed by atoms with Crippen molar-refractivity contribution in [2.45, 2.75) is 11.3 Å². The average Bonchev–Trinajstić information content (AvgIpc) is 2.55. The molecule has 0 spiro atoms. The molecule has 1 aliphatic heterocycles. The van der Waals surface area contributed by atoms with Crippen LogP contribution in [-0.2, 0) is 16.3 Å². The number of aromatic nitrogens is 2. The standard InChI is InChI=1S/C10H7ClN2O2S/c11-10-9-6-3-4-16(14,15)8(6)2-1-7(9)12-5-13-10/h1-2,5H,3-4H2. The van der Waals surface area contributed by atoms with Crippen LogP contribution in [0.2, 0.25) is 5.15 Å². The molecule has 1 aromatic carbocycles. The number of hydrogen-bond acceptors (Lipinski definition) is 4. The lowest BCUT2D eigenvalue weighted by Crippen LogP contribution is -1.98. The van der Waals surface area contributed by atoms with Gasteiger partial charge in [0.1, 0.15) is 11.5 Å². The van der Waals surface area contributed by atoms with Crippen molar-refractivity contribution in [3.63, 3.8) is 0 Å². The number of nitrogens with zero attached hydrogens (tertiary/aromatic N) is 2. The zero-order chi connectivity index (χ0) is 11.3. The summed E-state index contributed by atoms with van der Waals surface area (Å²) < 4.78 is 23.4. The van der Waals surface area contributed by atoms with Crippen LogP contribution < -0.4 is 0 Å². The van der Waals surface area contributed by atoms with Gasteiger partial charge in [-0.15, -0.1) is 0 Å². The quantitative estimate of drug-likeness (QED) is 0.670. The van der Waals surface area contributed by atoms with Crippen molar-refractivity contribution in [3.05, 3.63) is 29.2 Å². The Morgan fingerprint density at radius 1 is 1.25 bits per heavy atom. The van der Waals surface area contributed by atoms with Gasteiger partial charge in [0.05, 0.1) is 16.2 Å². The van der Waals surface area contributed by atoms with Gasteiger partial charge in [-0.1, -0.05) is 11.6 Å². The van der Waals surface area contributed by atoms with Crippen LogP contribution in [0.5, 0.6) is 0 Å². The third kappa shape index (κ3) is 1.25. The Kier molecular flexibility index (Phi) is 1.96. The van der Waals surface area contributed by atoms with Gasteiger partial charge in [0.2, 0.25) is 0 Å². The SMILES string of the molecule is O=S1(=O)CCc2c1ccc1ncnc(Cl)c21. The molecule has 16 heavy (non-hydrogen) atoms. The number of hydrogen-bond donors (Lipinski definition) is 0. The maximum atomic E-state index is 11.7. The van der Waals surface area contributed by atoms with Gasteiger partial charge in [-0.05, 0) is 24.1 Å². The Hall–Kier alpha value is -1.20. The van der Waals surface area contributed by atoms with E-state index in [2.05, 4.69) is 9.97 Å². The normalized spacial score (nSPS) is 17.6. The van der Waals surface area contributed by atoms with Gasteiger partial charge >= 0.3 is 0 Å². The van der Waals surface area contributed by atoms with Crippen LogP contribution >= 0.6 is 11.6 Å². The summed E-state index contributed by atoms with van der Waals surface area (Å²) in [7, 11) is -3.13. The van der Waals surface area contributed by atoms with Crippen molar-refractivity contribution in [2.24, 2.45) is 0 Å². The van der Waals surface area contributed by atoms with E-state index in [1.165, 1.54) is 6.33 Å². The molecule has 0 saturated carbocycles. The third-order valence-electron chi connectivity index (χ3n) is 2.78. The van der Waals surface area contributed by atoms with E-state index in [9.17, 15) is 8.42 Å². The van der Waals surface area contributed by atoms with E-state index >= 15 is 0 Å². The third-order valence-corrected chi connectivity index (χ3v) is 4.86. The van der Waals surface area contributed by atoms with Crippen LogP contribution in [0.25, 0.3) is 10.9 Å². The van der Waals surface area contributed by atoms with Gasteiger partial charge in [-0.25, -0.2) is 18.4 Å². The molecule has 0 unspecified atom stereocenters. The van der Waals surface area contributed by atoms with Gasteiger partial charge in [0, 0.05) is 5.39 Å². The van der Waals surface area contributed by atoms with Crippen LogP contribution in [0, 0.1) is 0 Å². The van der Waals surface area contributed by atoms with Crippen molar-refractivity contribution in [3.8, 4) is 0 Å². The Morgan fingerprint density at radius 2 is 2.06 bits per heavy atom. The van der Waals surface area contributed by atoms with E-state index in [0.29, 0.717) is 27.4 Å². The lowest BCUT2D eigenvalue weighted by Gasteiger charge is -2.04. The molecule has 0 aliphatic carbocycles. The zero-order valence-electron chi connectivity index (χ0n) is 8.14. The molecule has 0 radical (unpaired) electrons. The smallest absolute Gasteiger partial charge is 0.179 e. The highest BCUT2D eigenvalue weighted by atomic mass is 35.5. The zero-order valence-corrected chi connectivity index (χ0v) is 9.72. The summed E-state index contributed by atoms with van der Waals surface area (Å²) in [5.41, 5.74) is 1.44. The van der Waals surface area contributed by atoms with Gasteiger partial charge in [0.15, 0.2) is 9.84 Å². The number of halogens is 1. The topological polar surface area (TPSA) is 59.9 Å². The van der Waals surface area contributed by atoms with Crippen molar-refractivity contribution >= 4 is 32.3 Å². The number of rotatable bonds is 0. The molecule has 1 aliphatic rings. The number of fused-ring (bicyclic) bond motifs is 3. The second-order valence-electron chi connectivity index (χ2n) is 3.67. The molecule has 2 heterocycles. The van der Waals surface area contributed by atoms with Crippen LogP contribution in [0.1, 0.15) is 5.56 Å². The minimum absolute atomic E-state index is 0.146. The van der Waals surface area contributed by atoms with Crippen LogP contribution in [0.3, 0.4) is 0 Å². The lowest BCUT2D eigenvalue weighted by molar-refractivity contribution is 0.600. The fourth-order valence-electron chi connectivity index (χ4n) is 2.05. The van der Waals surface area contributed by atoms with Crippen LogP contribution in [0.15, 0.2) is 23.4 Å². The van der Waals surface area contributed by atoms with Gasteiger partial charge in [0.25, 0.3) is 0 Å².